The van der Waals surface area contributed by atoms with Crippen LogP contribution in [0.1, 0.15) is 31.4 Å². The Hall–Kier alpha value is -1.24. The first-order chi connectivity index (χ1) is 9.87. The summed E-state index contributed by atoms with van der Waals surface area (Å²) >= 11 is 0. The number of fused-ring (bicyclic) bond motifs is 1. The Morgan fingerprint density at radius 1 is 1.10 bits per heavy atom. The van der Waals surface area contributed by atoms with Crippen molar-refractivity contribution in [3.05, 3.63) is 36.1 Å². The predicted octanol–water partition coefficient (Wildman–Crippen LogP) is 3.41. The maximum absolute atomic E-state index is 5.80. The molecule has 2 aliphatic carbocycles. The summed E-state index contributed by atoms with van der Waals surface area (Å²) in [6.45, 7) is 0.587. The molecule has 5 heteroatoms. The molecule has 0 bridgehead atoms. The van der Waals surface area contributed by atoms with E-state index in [1.165, 1.54) is 25.7 Å². The molecule has 4 nitrogen and oxygen atoms in total. The largest absolute Gasteiger partial charge is 0.459 e. The van der Waals surface area contributed by atoms with Crippen LogP contribution in [0.15, 0.2) is 39.7 Å². The van der Waals surface area contributed by atoms with Gasteiger partial charge in [-0.1, -0.05) is 18.2 Å². The number of aliphatic imine (C=N–C) groups is 1. The lowest BCUT2D eigenvalue weighted by Crippen LogP contribution is -2.39. The number of nitrogens with one attached hydrogen (secondary N) is 2. The molecule has 112 valence electrons. The third-order valence-corrected chi connectivity index (χ3v) is 3.71. The molecular formula is C16H20IN3O. The molecule has 1 heterocycles. The maximum Gasteiger partial charge on any atom is 0.192 e. The summed E-state index contributed by atoms with van der Waals surface area (Å²) in [6, 6.07) is 11.4. The molecule has 2 aliphatic rings. The van der Waals surface area contributed by atoms with Gasteiger partial charge < -0.3 is 15.1 Å². The zero-order valence-corrected chi connectivity index (χ0v) is 14.2. The Morgan fingerprint density at radius 2 is 1.76 bits per heavy atom. The van der Waals surface area contributed by atoms with Crippen molar-refractivity contribution in [3.63, 3.8) is 0 Å². The van der Waals surface area contributed by atoms with Crippen molar-refractivity contribution in [2.75, 3.05) is 0 Å². The highest BCUT2D eigenvalue weighted by Gasteiger charge is 2.26. The SMILES string of the molecule is I.c1ccc2oc(CN=C(NC3CC3)NC3CC3)cc2c1. The minimum atomic E-state index is 0. The summed E-state index contributed by atoms with van der Waals surface area (Å²) in [5.41, 5.74) is 0.935. The molecule has 4 rings (SSSR count). The Kier molecular flexibility index (Phi) is 4.37. The second kappa shape index (κ2) is 6.25. The van der Waals surface area contributed by atoms with Crippen LogP contribution < -0.4 is 10.6 Å². The molecule has 0 radical (unpaired) electrons. The van der Waals surface area contributed by atoms with E-state index < -0.39 is 0 Å². The van der Waals surface area contributed by atoms with Gasteiger partial charge in [0.1, 0.15) is 17.9 Å². The van der Waals surface area contributed by atoms with Crippen molar-refractivity contribution >= 4 is 40.9 Å². The summed E-state index contributed by atoms with van der Waals surface area (Å²) < 4.78 is 5.80. The van der Waals surface area contributed by atoms with E-state index in [9.17, 15) is 0 Å². The highest BCUT2D eigenvalue weighted by Crippen LogP contribution is 2.22. The zero-order chi connectivity index (χ0) is 13.4. The highest BCUT2D eigenvalue weighted by atomic mass is 127. The van der Waals surface area contributed by atoms with Gasteiger partial charge >= 0.3 is 0 Å². The van der Waals surface area contributed by atoms with Crippen molar-refractivity contribution in [1.29, 1.82) is 0 Å². The fraction of sp³-hybridized carbons (Fsp3) is 0.438. The second-order valence-corrected chi connectivity index (χ2v) is 5.75. The number of nitrogens with zero attached hydrogens (tertiary/aromatic N) is 1. The molecule has 2 fully saturated rings. The number of hydrogen-bond acceptors (Lipinski definition) is 2. The smallest absolute Gasteiger partial charge is 0.192 e. The first-order valence-electron chi connectivity index (χ1n) is 7.42. The zero-order valence-electron chi connectivity index (χ0n) is 11.8. The van der Waals surface area contributed by atoms with E-state index >= 15 is 0 Å². The molecule has 0 amide bonds. The molecule has 0 saturated heterocycles. The van der Waals surface area contributed by atoms with Crippen LogP contribution in [0.4, 0.5) is 0 Å². The Morgan fingerprint density at radius 3 is 2.38 bits per heavy atom. The van der Waals surface area contributed by atoms with Crippen LogP contribution in [0.5, 0.6) is 0 Å². The second-order valence-electron chi connectivity index (χ2n) is 5.75. The standard InChI is InChI=1S/C16H19N3O.HI/c1-2-4-15-11(3-1)9-14(20-15)10-17-16(18-12-5-6-12)19-13-7-8-13;/h1-4,9,12-13H,5-8,10H2,(H2,17,18,19);1H. The van der Waals surface area contributed by atoms with E-state index in [1.807, 2.05) is 18.2 Å². The molecule has 21 heavy (non-hydrogen) atoms. The molecule has 1 aromatic carbocycles. The number of benzene rings is 1. The number of para-hydroxylation sites is 1. The number of guanidine groups is 1. The molecule has 2 saturated carbocycles. The normalized spacial score (nSPS) is 17.1. The third kappa shape index (κ3) is 3.90. The molecular weight excluding hydrogens is 377 g/mol. The summed E-state index contributed by atoms with van der Waals surface area (Å²) in [7, 11) is 0. The van der Waals surface area contributed by atoms with Crippen molar-refractivity contribution in [2.45, 2.75) is 44.3 Å². The third-order valence-electron chi connectivity index (χ3n) is 3.71. The molecule has 2 aromatic rings. The van der Waals surface area contributed by atoms with E-state index in [1.54, 1.807) is 0 Å². The summed E-state index contributed by atoms with van der Waals surface area (Å²) in [5, 5.41) is 8.07. The van der Waals surface area contributed by atoms with Gasteiger partial charge in [0.05, 0.1) is 0 Å². The van der Waals surface area contributed by atoms with Crippen LogP contribution in [0.25, 0.3) is 11.0 Å². The van der Waals surface area contributed by atoms with E-state index in [-0.39, 0.29) is 24.0 Å². The van der Waals surface area contributed by atoms with Gasteiger partial charge in [0, 0.05) is 17.5 Å². The fourth-order valence-electron chi connectivity index (χ4n) is 2.25. The average molecular weight is 397 g/mol. The van der Waals surface area contributed by atoms with Crippen molar-refractivity contribution < 1.29 is 4.42 Å². The van der Waals surface area contributed by atoms with Crippen LogP contribution in [0.2, 0.25) is 0 Å². The molecule has 0 aliphatic heterocycles. The van der Waals surface area contributed by atoms with Gasteiger partial charge in [-0.15, -0.1) is 24.0 Å². The molecule has 2 N–H and O–H groups in total. The topological polar surface area (TPSA) is 49.6 Å². The van der Waals surface area contributed by atoms with Crippen LogP contribution in [-0.2, 0) is 6.54 Å². The Bertz CT molecular complexity index is 595. The van der Waals surface area contributed by atoms with Gasteiger partial charge in [-0.25, -0.2) is 4.99 Å². The van der Waals surface area contributed by atoms with Crippen LogP contribution in [-0.4, -0.2) is 18.0 Å². The molecule has 0 unspecified atom stereocenters. The highest BCUT2D eigenvalue weighted by molar-refractivity contribution is 14.0. The number of hydrogen-bond donors (Lipinski definition) is 2. The lowest BCUT2D eigenvalue weighted by Gasteiger charge is -2.10. The van der Waals surface area contributed by atoms with E-state index in [0.717, 1.165) is 22.7 Å². The van der Waals surface area contributed by atoms with E-state index in [2.05, 4.69) is 27.8 Å². The first kappa shape index (κ1) is 14.7. The van der Waals surface area contributed by atoms with Crippen LogP contribution in [0.3, 0.4) is 0 Å². The van der Waals surface area contributed by atoms with Crippen molar-refractivity contribution in [1.82, 2.24) is 10.6 Å². The van der Waals surface area contributed by atoms with Crippen molar-refractivity contribution in [3.8, 4) is 0 Å². The summed E-state index contributed by atoms with van der Waals surface area (Å²) in [6.07, 6.45) is 5.04. The minimum absolute atomic E-state index is 0. The number of rotatable bonds is 4. The Labute approximate surface area is 141 Å². The predicted molar refractivity (Wildman–Crippen MR) is 95.1 cm³/mol. The van der Waals surface area contributed by atoms with Crippen molar-refractivity contribution in [2.24, 2.45) is 4.99 Å². The molecule has 0 atom stereocenters. The van der Waals surface area contributed by atoms with Crippen LogP contribution in [0, 0.1) is 0 Å². The average Bonchev–Trinajstić information content (AvgIpc) is 3.37. The quantitative estimate of drug-likeness (QED) is 0.472. The monoisotopic (exact) mass is 397 g/mol. The Balaban J connectivity index is 0.00000132. The maximum atomic E-state index is 5.80. The summed E-state index contributed by atoms with van der Waals surface area (Å²) in [5.74, 6) is 1.86. The van der Waals surface area contributed by atoms with Gasteiger partial charge in [0.2, 0.25) is 0 Å². The van der Waals surface area contributed by atoms with Gasteiger partial charge in [0.15, 0.2) is 5.96 Å². The van der Waals surface area contributed by atoms with Gasteiger partial charge in [-0.3, -0.25) is 0 Å². The minimum Gasteiger partial charge on any atom is -0.459 e. The fourth-order valence-corrected chi connectivity index (χ4v) is 2.25. The lowest BCUT2D eigenvalue weighted by molar-refractivity contribution is 0.551. The molecule has 1 aromatic heterocycles. The van der Waals surface area contributed by atoms with E-state index in [4.69, 9.17) is 4.42 Å². The van der Waals surface area contributed by atoms with Gasteiger partial charge in [-0.05, 0) is 37.8 Å². The van der Waals surface area contributed by atoms with Gasteiger partial charge in [0.25, 0.3) is 0 Å². The van der Waals surface area contributed by atoms with Crippen LogP contribution >= 0.6 is 24.0 Å². The summed E-state index contributed by atoms with van der Waals surface area (Å²) in [4.78, 5) is 4.65. The first-order valence-corrected chi connectivity index (χ1v) is 7.42. The number of halogens is 1. The molecule has 0 spiro atoms. The number of furan rings is 1. The van der Waals surface area contributed by atoms with E-state index in [0.29, 0.717) is 18.6 Å². The lowest BCUT2D eigenvalue weighted by atomic mass is 10.2. The van der Waals surface area contributed by atoms with Gasteiger partial charge in [-0.2, -0.15) is 0 Å².